The number of amides is 1. The summed E-state index contributed by atoms with van der Waals surface area (Å²) in [5.74, 6) is 0.789. The van der Waals surface area contributed by atoms with Crippen LogP contribution in [0, 0.1) is 21.4 Å². The fourth-order valence-corrected chi connectivity index (χ4v) is 4.31. The molecule has 2 fully saturated rings. The number of likely N-dealkylation sites (tertiary alicyclic amines) is 1. The van der Waals surface area contributed by atoms with Crippen LogP contribution in [0.1, 0.15) is 41.0 Å². The maximum absolute atomic E-state index is 11.9. The highest BCUT2D eigenvalue weighted by Crippen LogP contribution is 2.43. The van der Waals surface area contributed by atoms with Gasteiger partial charge >= 0.3 is 11.8 Å². The van der Waals surface area contributed by atoms with Crippen molar-refractivity contribution >= 4 is 17.6 Å². The summed E-state index contributed by atoms with van der Waals surface area (Å²) in [5, 5.41) is 21.0. The quantitative estimate of drug-likeness (QED) is 0.618. The molecule has 0 spiro atoms. The van der Waals surface area contributed by atoms with Gasteiger partial charge in [0, 0.05) is 31.1 Å². The van der Waals surface area contributed by atoms with Crippen molar-refractivity contribution in [3.05, 3.63) is 22.2 Å². The molecule has 1 unspecified atom stereocenters. The van der Waals surface area contributed by atoms with E-state index in [0.29, 0.717) is 18.9 Å². The summed E-state index contributed by atoms with van der Waals surface area (Å²) in [6.45, 7) is 11.0. The lowest BCUT2D eigenvalue weighted by Gasteiger charge is -2.36. The minimum Gasteiger partial charge on any atom is -0.470 e. The number of ether oxygens (including phenoxy) is 1. The third-order valence-corrected chi connectivity index (χ3v) is 5.54. The third-order valence-electron chi connectivity index (χ3n) is 5.54. The molecule has 3 heterocycles. The van der Waals surface area contributed by atoms with E-state index in [1.165, 1.54) is 6.07 Å². The van der Waals surface area contributed by atoms with Crippen LogP contribution in [0.3, 0.4) is 0 Å². The summed E-state index contributed by atoms with van der Waals surface area (Å²) in [7, 11) is 0. The number of nitro groups is 1. The second-order valence-corrected chi connectivity index (χ2v) is 8.96. The molecule has 1 aromatic rings. The smallest absolute Gasteiger partial charge is 0.407 e. The number of carbonyl (C=O) groups is 1. The number of carboxylic acid groups (broad SMARTS) is 1. The van der Waals surface area contributed by atoms with Crippen molar-refractivity contribution < 1.29 is 19.6 Å². The molecule has 2 aliphatic heterocycles. The van der Waals surface area contributed by atoms with Gasteiger partial charge in [-0.25, -0.2) is 4.79 Å². The van der Waals surface area contributed by atoms with Crippen molar-refractivity contribution in [1.82, 2.24) is 9.88 Å². The Hall–Kier alpha value is -2.58. The average Bonchev–Trinajstić information content (AvgIpc) is 3.10. The van der Waals surface area contributed by atoms with Crippen LogP contribution in [0.15, 0.2) is 12.1 Å². The first-order valence-electron chi connectivity index (χ1n) is 9.57. The van der Waals surface area contributed by atoms with Crippen LogP contribution in [-0.4, -0.2) is 57.3 Å². The highest BCUT2D eigenvalue weighted by molar-refractivity contribution is 5.67. The lowest BCUT2D eigenvalue weighted by Crippen LogP contribution is -2.48. The van der Waals surface area contributed by atoms with Gasteiger partial charge in [0.2, 0.25) is 0 Å². The number of fused-ring (bicyclic) bond motifs is 1. The van der Waals surface area contributed by atoms with Gasteiger partial charge < -0.3 is 14.7 Å². The van der Waals surface area contributed by atoms with Crippen molar-refractivity contribution in [3.8, 4) is 5.88 Å². The molecule has 2 aliphatic rings. The van der Waals surface area contributed by atoms with Crippen molar-refractivity contribution in [2.75, 3.05) is 18.0 Å². The Labute approximate surface area is 164 Å². The van der Waals surface area contributed by atoms with Crippen LogP contribution in [0.5, 0.6) is 5.88 Å². The largest absolute Gasteiger partial charge is 0.470 e. The van der Waals surface area contributed by atoms with E-state index >= 15 is 0 Å². The molecule has 28 heavy (non-hydrogen) atoms. The van der Waals surface area contributed by atoms with Crippen molar-refractivity contribution in [2.24, 2.45) is 11.3 Å². The number of pyridine rings is 1. The third kappa shape index (κ3) is 3.70. The van der Waals surface area contributed by atoms with E-state index < -0.39 is 11.0 Å². The van der Waals surface area contributed by atoms with E-state index in [1.807, 2.05) is 4.90 Å². The first kappa shape index (κ1) is 20.2. The summed E-state index contributed by atoms with van der Waals surface area (Å²) in [4.78, 5) is 30.7. The second kappa shape index (κ2) is 7.10. The van der Waals surface area contributed by atoms with E-state index in [4.69, 9.17) is 4.74 Å². The molecule has 2 saturated heterocycles. The van der Waals surface area contributed by atoms with Crippen LogP contribution >= 0.6 is 0 Å². The number of anilines is 1. The number of rotatable bonds is 4. The fraction of sp³-hybridized carbons (Fsp3) is 0.684. The number of aromatic nitrogens is 1. The Morgan fingerprint density at radius 2 is 2.04 bits per heavy atom. The number of nitrogens with zero attached hydrogens (tertiary/aromatic N) is 4. The lowest BCUT2D eigenvalue weighted by atomic mass is 9.84. The van der Waals surface area contributed by atoms with Gasteiger partial charge in [0.05, 0.1) is 17.1 Å². The summed E-state index contributed by atoms with van der Waals surface area (Å²) < 4.78 is 5.54. The van der Waals surface area contributed by atoms with E-state index in [1.54, 1.807) is 24.8 Å². The Bertz CT molecular complexity index is 776. The Balaban J connectivity index is 1.85. The van der Waals surface area contributed by atoms with Gasteiger partial charge in [-0.2, -0.15) is 4.98 Å². The van der Waals surface area contributed by atoms with Crippen LogP contribution in [0.25, 0.3) is 0 Å². The molecular weight excluding hydrogens is 364 g/mol. The Morgan fingerprint density at radius 1 is 1.36 bits per heavy atom. The van der Waals surface area contributed by atoms with Crippen LogP contribution < -0.4 is 9.64 Å². The first-order chi connectivity index (χ1) is 13.0. The number of hydrogen-bond acceptors (Lipinski definition) is 6. The van der Waals surface area contributed by atoms with E-state index in [2.05, 4.69) is 25.8 Å². The van der Waals surface area contributed by atoms with Gasteiger partial charge in [-0.1, -0.05) is 20.8 Å². The zero-order valence-corrected chi connectivity index (χ0v) is 17.0. The minimum atomic E-state index is -0.894. The predicted molar refractivity (Wildman–Crippen MR) is 104 cm³/mol. The zero-order valence-electron chi connectivity index (χ0n) is 17.0. The topological polar surface area (TPSA) is 109 Å². The normalized spacial score (nSPS) is 24.6. The highest BCUT2D eigenvalue weighted by Gasteiger charge is 2.52. The SMILES string of the molecule is CC(C)Oc1nc(N2C[C@H]3CC(C(C)(C)C)N(C(=O)O)[C@H]3C2)ccc1[N+](=O)[O-]. The molecule has 0 bridgehead atoms. The van der Waals surface area contributed by atoms with Gasteiger partial charge in [-0.3, -0.25) is 15.0 Å². The van der Waals surface area contributed by atoms with Crippen molar-refractivity contribution in [3.63, 3.8) is 0 Å². The molecule has 0 saturated carbocycles. The fourth-order valence-electron chi connectivity index (χ4n) is 4.31. The van der Waals surface area contributed by atoms with Gasteiger partial charge in [-0.15, -0.1) is 0 Å². The van der Waals surface area contributed by atoms with E-state index in [-0.39, 0.29) is 41.1 Å². The van der Waals surface area contributed by atoms with E-state index in [9.17, 15) is 20.0 Å². The van der Waals surface area contributed by atoms with Crippen LogP contribution in [0.4, 0.5) is 16.3 Å². The maximum Gasteiger partial charge on any atom is 0.407 e. The van der Waals surface area contributed by atoms with Gasteiger partial charge in [-0.05, 0) is 31.7 Å². The monoisotopic (exact) mass is 392 g/mol. The van der Waals surface area contributed by atoms with Crippen molar-refractivity contribution in [2.45, 2.75) is 59.2 Å². The molecule has 0 radical (unpaired) electrons. The van der Waals surface area contributed by atoms with Gasteiger partial charge in [0.15, 0.2) is 0 Å². The molecule has 0 aromatic carbocycles. The standard InChI is InChI=1S/C19H28N4O5/c1-11(2)28-17-13(23(26)27)6-7-16(20-17)21-9-12-8-15(19(3,4)5)22(18(24)25)14(12)10-21/h6-7,11-12,14-15H,8-10H2,1-5H3,(H,24,25)/t12-,14+,15?/m1/s1. The minimum absolute atomic E-state index is 0.00258. The lowest BCUT2D eigenvalue weighted by molar-refractivity contribution is -0.386. The zero-order chi connectivity index (χ0) is 20.8. The Morgan fingerprint density at radius 3 is 2.57 bits per heavy atom. The molecule has 3 rings (SSSR count). The molecular formula is C19H28N4O5. The molecule has 1 amide bonds. The maximum atomic E-state index is 11.9. The van der Waals surface area contributed by atoms with Gasteiger partial charge in [0.25, 0.3) is 5.88 Å². The first-order valence-corrected chi connectivity index (χ1v) is 9.57. The summed E-state index contributed by atoms with van der Waals surface area (Å²) in [6.07, 6.45) is -0.330. The van der Waals surface area contributed by atoms with Gasteiger partial charge in [0.1, 0.15) is 5.82 Å². The van der Waals surface area contributed by atoms with Crippen LogP contribution in [-0.2, 0) is 0 Å². The second-order valence-electron chi connectivity index (χ2n) is 8.96. The predicted octanol–water partition coefficient (Wildman–Crippen LogP) is 3.38. The average molecular weight is 392 g/mol. The molecule has 3 atom stereocenters. The summed E-state index contributed by atoms with van der Waals surface area (Å²) >= 11 is 0. The molecule has 0 aliphatic carbocycles. The molecule has 9 nitrogen and oxygen atoms in total. The number of hydrogen-bond donors (Lipinski definition) is 1. The molecule has 9 heteroatoms. The molecule has 1 N–H and O–H groups in total. The highest BCUT2D eigenvalue weighted by atomic mass is 16.6. The molecule has 154 valence electrons. The molecule has 1 aromatic heterocycles. The van der Waals surface area contributed by atoms with E-state index in [0.717, 1.165) is 6.42 Å². The van der Waals surface area contributed by atoms with Crippen molar-refractivity contribution in [1.29, 1.82) is 0 Å². The Kier molecular flexibility index (Phi) is 5.12. The summed E-state index contributed by atoms with van der Waals surface area (Å²) in [5.41, 5.74) is -0.297. The van der Waals surface area contributed by atoms with Crippen LogP contribution in [0.2, 0.25) is 0 Å². The summed E-state index contributed by atoms with van der Waals surface area (Å²) in [6, 6.07) is 2.89.